The summed E-state index contributed by atoms with van der Waals surface area (Å²) in [7, 11) is 4.09. The molecule has 30 heavy (non-hydrogen) atoms. The zero-order valence-electron chi connectivity index (χ0n) is 18.9. The van der Waals surface area contributed by atoms with Gasteiger partial charge in [-0.05, 0) is 50.9 Å². The molecule has 2 aromatic rings. The van der Waals surface area contributed by atoms with Crippen LogP contribution in [0.5, 0.6) is 0 Å². The lowest BCUT2D eigenvalue weighted by atomic mass is 9.80. The first-order valence-electron chi connectivity index (χ1n) is 10.7. The van der Waals surface area contributed by atoms with Crippen molar-refractivity contribution in [3.05, 3.63) is 18.3 Å². The first-order valence-corrected chi connectivity index (χ1v) is 10.7. The van der Waals surface area contributed by atoms with Crippen molar-refractivity contribution in [2.75, 3.05) is 38.2 Å². The largest absolute Gasteiger partial charge is 0.465 e. The van der Waals surface area contributed by atoms with Crippen molar-refractivity contribution < 1.29 is 9.90 Å². The molecule has 1 aliphatic heterocycles. The molecule has 1 saturated heterocycles. The van der Waals surface area contributed by atoms with Crippen molar-refractivity contribution >= 4 is 28.4 Å². The number of nitrogen functional groups attached to an aromatic ring is 1. The summed E-state index contributed by atoms with van der Waals surface area (Å²) in [5.74, 6) is 0. The minimum Gasteiger partial charge on any atom is -0.465 e. The molecule has 166 valence electrons. The monoisotopic (exact) mass is 416 g/mol. The number of aromatic nitrogens is 2. The van der Waals surface area contributed by atoms with Crippen molar-refractivity contribution in [3.63, 3.8) is 0 Å². The number of nitrogens with one attached hydrogen (secondary N) is 1. The van der Waals surface area contributed by atoms with E-state index in [4.69, 9.17) is 5.73 Å². The van der Waals surface area contributed by atoms with E-state index >= 15 is 0 Å². The second-order valence-corrected chi connectivity index (χ2v) is 9.67. The lowest BCUT2D eigenvalue weighted by molar-refractivity contribution is 0.0782. The minimum atomic E-state index is -0.855. The smallest absolute Gasteiger partial charge is 0.407 e. The number of anilines is 2. The molecule has 8 heteroatoms. The van der Waals surface area contributed by atoms with Crippen LogP contribution in [0.2, 0.25) is 0 Å². The Hall–Kier alpha value is -2.48. The van der Waals surface area contributed by atoms with Gasteiger partial charge in [-0.1, -0.05) is 20.8 Å². The third kappa shape index (κ3) is 4.64. The number of carbonyl (C=O) groups is 1. The maximum absolute atomic E-state index is 12.0. The van der Waals surface area contributed by atoms with Crippen molar-refractivity contribution in [2.24, 2.45) is 5.41 Å². The SMILES string of the molecule is CN(C)CCn1ncc2c(NC3CCCCN(C(=O)O)[C@@H]3C(C)(C)C)c(N)ccc21. The van der Waals surface area contributed by atoms with Gasteiger partial charge in [0, 0.05) is 24.5 Å². The van der Waals surface area contributed by atoms with Crippen LogP contribution >= 0.6 is 0 Å². The third-order valence-electron chi connectivity index (χ3n) is 5.96. The van der Waals surface area contributed by atoms with Gasteiger partial charge in [0.2, 0.25) is 0 Å². The standard InChI is InChI=1S/C22H36N6O2/c1-22(2,3)20-17(8-6-7-11-27(20)21(29)30)25-19-15-14-24-28(13-12-26(4)5)18(15)10-9-16(19)23/h9-10,14,17,20,25H,6-8,11-13,23H2,1-5H3,(H,29,30)/t17?,20-/m0/s1. The molecule has 1 aliphatic rings. The molecule has 0 spiro atoms. The van der Waals surface area contributed by atoms with Crippen molar-refractivity contribution in [3.8, 4) is 0 Å². The van der Waals surface area contributed by atoms with Crippen molar-refractivity contribution in [2.45, 2.75) is 58.7 Å². The third-order valence-corrected chi connectivity index (χ3v) is 5.96. The fraction of sp³-hybridized carbons (Fsp3) is 0.636. The first-order chi connectivity index (χ1) is 14.1. The van der Waals surface area contributed by atoms with Crippen LogP contribution in [0.4, 0.5) is 16.2 Å². The molecule has 0 saturated carbocycles. The summed E-state index contributed by atoms with van der Waals surface area (Å²) >= 11 is 0. The molecule has 1 aromatic carbocycles. The lowest BCUT2D eigenvalue weighted by Gasteiger charge is -2.42. The van der Waals surface area contributed by atoms with Crippen molar-refractivity contribution in [1.82, 2.24) is 19.6 Å². The van der Waals surface area contributed by atoms with Crippen LogP contribution in [-0.4, -0.2) is 70.0 Å². The van der Waals surface area contributed by atoms with E-state index in [0.29, 0.717) is 12.2 Å². The zero-order chi connectivity index (χ0) is 22.1. The topological polar surface area (TPSA) is 99.7 Å². The number of benzene rings is 1. The summed E-state index contributed by atoms with van der Waals surface area (Å²) in [4.78, 5) is 15.8. The van der Waals surface area contributed by atoms with E-state index in [2.05, 4.69) is 36.1 Å². The van der Waals surface area contributed by atoms with Gasteiger partial charge in [-0.3, -0.25) is 4.68 Å². The molecule has 1 unspecified atom stereocenters. The Balaban J connectivity index is 1.98. The van der Waals surface area contributed by atoms with Gasteiger partial charge in [0.15, 0.2) is 0 Å². The Morgan fingerprint density at radius 2 is 2.07 bits per heavy atom. The number of rotatable bonds is 5. The highest BCUT2D eigenvalue weighted by Crippen LogP contribution is 2.36. The Morgan fingerprint density at radius 3 is 2.70 bits per heavy atom. The molecular weight excluding hydrogens is 380 g/mol. The quantitative estimate of drug-likeness (QED) is 0.645. The molecule has 8 nitrogen and oxygen atoms in total. The van der Waals surface area contributed by atoms with Gasteiger partial charge in [0.25, 0.3) is 0 Å². The van der Waals surface area contributed by atoms with E-state index < -0.39 is 6.09 Å². The second-order valence-electron chi connectivity index (χ2n) is 9.67. The van der Waals surface area contributed by atoms with Crippen LogP contribution in [0, 0.1) is 5.41 Å². The fourth-order valence-corrected chi connectivity index (χ4v) is 4.59. The van der Waals surface area contributed by atoms with E-state index in [1.54, 1.807) is 4.90 Å². The van der Waals surface area contributed by atoms with E-state index in [1.165, 1.54) is 0 Å². The van der Waals surface area contributed by atoms with Crippen molar-refractivity contribution in [1.29, 1.82) is 0 Å². The Labute approximate surface area is 179 Å². The summed E-state index contributed by atoms with van der Waals surface area (Å²) in [5.41, 5.74) is 8.73. The Morgan fingerprint density at radius 1 is 1.33 bits per heavy atom. The number of likely N-dealkylation sites (tertiary alicyclic amines) is 1. The zero-order valence-corrected chi connectivity index (χ0v) is 18.9. The van der Waals surface area contributed by atoms with Gasteiger partial charge in [0.05, 0.1) is 35.7 Å². The number of amides is 1. The van der Waals surface area contributed by atoms with Crippen LogP contribution in [0.25, 0.3) is 10.9 Å². The summed E-state index contributed by atoms with van der Waals surface area (Å²) in [5, 5.41) is 19.1. The van der Waals surface area contributed by atoms with Crippen LogP contribution in [0.1, 0.15) is 40.0 Å². The van der Waals surface area contributed by atoms with Crippen LogP contribution in [0.3, 0.4) is 0 Å². The average molecular weight is 417 g/mol. The number of likely N-dealkylation sites (N-methyl/N-ethyl adjacent to an activating group) is 1. The predicted molar refractivity (Wildman–Crippen MR) is 122 cm³/mol. The minimum absolute atomic E-state index is 0.0263. The molecule has 0 aliphatic carbocycles. The molecule has 1 fully saturated rings. The Bertz CT molecular complexity index is 886. The first kappa shape index (κ1) is 22.2. The molecule has 1 amide bonds. The Kier molecular flexibility index (Phi) is 6.45. The van der Waals surface area contributed by atoms with E-state index in [-0.39, 0.29) is 17.5 Å². The van der Waals surface area contributed by atoms with Gasteiger partial charge >= 0.3 is 6.09 Å². The lowest BCUT2D eigenvalue weighted by Crippen LogP contribution is -2.55. The van der Waals surface area contributed by atoms with Gasteiger partial charge < -0.3 is 26.0 Å². The molecule has 2 atom stereocenters. The number of fused-ring (bicyclic) bond motifs is 1. The summed E-state index contributed by atoms with van der Waals surface area (Å²) < 4.78 is 2.00. The number of hydrogen-bond donors (Lipinski definition) is 3. The maximum atomic E-state index is 12.0. The van der Waals surface area contributed by atoms with Gasteiger partial charge in [-0.25, -0.2) is 4.79 Å². The highest BCUT2D eigenvalue weighted by atomic mass is 16.4. The molecule has 2 heterocycles. The molecule has 0 radical (unpaired) electrons. The van der Waals surface area contributed by atoms with E-state index in [1.807, 2.05) is 37.1 Å². The second kappa shape index (κ2) is 8.71. The normalized spacial score (nSPS) is 20.5. The van der Waals surface area contributed by atoms with Gasteiger partial charge in [0.1, 0.15) is 0 Å². The molecular formula is C22H36N6O2. The average Bonchev–Trinajstić information content (AvgIpc) is 2.92. The number of hydrogen-bond acceptors (Lipinski definition) is 5. The summed E-state index contributed by atoms with van der Waals surface area (Å²) in [6.45, 7) is 8.58. The van der Waals surface area contributed by atoms with Crippen LogP contribution in [-0.2, 0) is 6.54 Å². The predicted octanol–water partition coefficient (Wildman–Crippen LogP) is 3.54. The van der Waals surface area contributed by atoms with Gasteiger partial charge in [-0.15, -0.1) is 0 Å². The number of carboxylic acid groups (broad SMARTS) is 1. The number of nitrogens with zero attached hydrogens (tertiary/aromatic N) is 4. The highest BCUT2D eigenvalue weighted by Gasteiger charge is 2.40. The molecule has 1 aromatic heterocycles. The number of nitrogens with two attached hydrogens (primary N) is 1. The van der Waals surface area contributed by atoms with E-state index in [0.717, 1.165) is 48.9 Å². The van der Waals surface area contributed by atoms with E-state index in [9.17, 15) is 9.90 Å². The fourth-order valence-electron chi connectivity index (χ4n) is 4.59. The van der Waals surface area contributed by atoms with Gasteiger partial charge in [-0.2, -0.15) is 5.10 Å². The molecule has 3 rings (SSSR count). The molecule has 4 N–H and O–H groups in total. The highest BCUT2D eigenvalue weighted by molar-refractivity contribution is 5.97. The summed E-state index contributed by atoms with van der Waals surface area (Å²) in [6, 6.07) is 3.74. The van der Waals surface area contributed by atoms with Crippen LogP contribution in [0.15, 0.2) is 18.3 Å². The summed E-state index contributed by atoms with van der Waals surface area (Å²) in [6.07, 6.45) is 3.76. The molecule has 0 bridgehead atoms. The van der Waals surface area contributed by atoms with Crippen LogP contribution < -0.4 is 11.1 Å². The maximum Gasteiger partial charge on any atom is 0.407 e.